The Morgan fingerprint density at radius 3 is 2.60 bits per heavy atom. The molecule has 2 saturated carbocycles. The van der Waals surface area contributed by atoms with Crippen LogP contribution in [0.2, 0.25) is 0 Å². The minimum Gasteiger partial charge on any atom is -0.344 e. The van der Waals surface area contributed by atoms with Crippen molar-refractivity contribution in [2.45, 2.75) is 87.9 Å². The van der Waals surface area contributed by atoms with Gasteiger partial charge in [0.05, 0.1) is 29.5 Å². The molecule has 3 aliphatic rings. The molecule has 2 aliphatic carbocycles. The summed E-state index contributed by atoms with van der Waals surface area (Å²) in [5.41, 5.74) is 0.108. The molecule has 1 aliphatic heterocycles. The van der Waals surface area contributed by atoms with Crippen LogP contribution in [0.5, 0.6) is 0 Å². The zero-order valence-corrected chi connectivity index (χ0v) is 25.2. The van der Waals surface area contributed by atoms with Crippen molar-refractivity contribution in [3.63, 3.8) is 0 Å². The molecule has 0 spiro atoms. The van der Waals surface area contributed by atoms with E-state index in [0.29, 0.717) is 22.6 Å². The van der Waals surface area contributed by atoms with Gasteiger partial charge >= 0.3 is 6.18 Å². The lowest BCUT2D eigenvalue weighted by molar-refractivity contribution is -0.155. The van der Waals surface area contributed by atoms with E-state index in [1.807, 2.05) is 0 Å². The van der Waals surface area contributed by atoms with E-state index in [2.05, 4.69) is 41.1 Å². The van der Waals surface area contributed by atoms with Crippen molar-refractivity contribution in [1.29, 1.82) is 0 Å². The van der Waals surface area contributed by atoms with Crippen molar-refractivity contribution in [2.75, 3.05) is 0 Å². The Hall–Kier alpha value is -4.51. The van der Waals surface area contributed by atoms with Crippen LogP contribution in [0.3, 0.4) is 0 Å². The van der Waals surface area contributed by atoms with Gasteiger partial charge in [0.25, 0.3) is 5.91 Å². The number of nitrogens with one attached hydrogen (secondary N) is 2. The molecule has 4 aromatic rings. The zero-order valence-electron chi connectivity index (χ0n) is 25.2. The van der Waals surface area contributed by atoms with E-state index in [0.717, 1.165) is 12.8 Å². The molecular formula is C29H31F5N10O3. The molecule has 4 aromatic heterocycles. The Morgan fingerprint density at radius 2 is 1.94 bits per heavy atom. The number of fused-ring (bicyclic) bond motifs is 1. The van der Waals surface area contributed by atoms with Gasteiger partial charge in [-0.3, -0.25) is 14.3 Å². The number of carbonyl (C=O) groups excluding carboxylic acids is 2. The van der Waals surface area contributed by atoms with E-state index in [-0.39, 0.29) is 61.9 Å². The van der Waals surface area contributed by atoms with Crippen molar-refractivity contribution in [1.82, 2.24) is 50.3 Å². The second-order valence-corrected chi connectivity index (χ2v) is 13.0. The first-order chi connectivity index (χ1) is 22.3. The molecule has 18 heteroatoms. The summed E-state index contributed by atoms with van der Waals surface area (Å²) in [6, 6.07) is -1.19. The van der Waals surface area contributed by atoms with Gasteiger partial charge < -0.3 is 10.6 Å². The zero-order chi connectivity index (χ0) is 33.1. The average molecular weight is 663 g/mol. The number of nitrogens with zero attached hydrogens (tertiary/aromatic N) is 8. The maximum atomic E-state index is 14.1. The number of alkyl halides is 5. The smallest absolute Gasteiger partial charge is 0.344 e. The number of halogens is 5. The topological polar surface area (TPSA) is 158 Å². The number of imidazole rings is 1. The lowest BCUT2D eigenvalue weighted by Gasteiger charge is -2.33. The van der Waals surface area contributed by atoms with Gasteiger partial charge in [-0.1, -0.05) is 5.16 Å². The van der Waals surface area contributed by atoms with Gasteiger partial charge in [-0.25, -0.2) is 27.9 Å². The first-order valence-electron chi connectivity index (χ1n) is 15.4. The third kappa shape index (κ3) is 6.28. The lowest BCUT2D eigenvalue weighted by atomic mass is 9.76. The fourth-order valence-electron chi connectivity index (χ4n) is 6.77. The summed E-state index contributed by atoms with van der Waals surface area (Å²) < 4.78 is 77.0. The maximum Gasteiger partial charge on any atom is 0.408 e. The normalized spacial score (nSPS) is 24.0. The van der Waals surface area contributed by atoms with Gasteiger partial charge in [-0.05, 0) is 61.2 Å². The molecular weight excluding hydrogens is 631 g/mol. The largest absolute Gasteiger partial charge is 0.408 e. The number of aromatic nitrogens is 8. The van der Waals surface area contributed by atoms with Crippen LogP contribution >= 0.6 is 0 Å². The molecule has 3 fully saturated rings. The van der Waals surface area contributed by atoms with E-state index in [1.165, 1.54) is 21.7 Å². The fourth-order valence-corrected chi connectivity index (χ4v) is 6.77. The first kappa shape index (κ1) is 31.1. The summed E-state index contributed by atoms with van der Waals surface area (Å²) in [7, 11) is 1.62. The molecule has 0 aromatic carbocycles. The Bertz CT molecular complexity index is 1800. The summed E-state index contributed by atoms with van der Waals surface area (Å²) >= 11 is 0. The highest BCUT2D eigenvalue weighted by atomic mass is 19.4. The van der Waals surface area contributed by atoms with Crippen molar-refractivity contribution >= 4 is 17.5 Å². The van der Waals surface area contributed by atoms with Crippen LogP contribution in [0.4, 0.5) is 22.0 Å². The Balaban J connectivity index is 1.18. The van der Waals surface area contributed by atoms with Crippen molar-refractivity contribution in [3.8, 4) is 0 Å². The van der Waals surface area contributed by atoms with E-state index in [9.17, 15) is 31.5 Å². The van der Waals surface area contributed by atoms with E-state index >= 15 is 0 Å². The van der Waals surface area contributed by atoms with Crippen LogP contribution < -0.4 is 10.6 Å². The summed E-state index contributed by atoms with van der Waals surface area (Å²) in [5.74, 6) is -4.18. The van der Waals surface area contributed by atoms with Crippen LogP contribution in [0.15, 0.2) is 29.4 Å². The minimum atomic E-state index is -4.64. The SMILES string of the molecule is Cn1cnc(C[C@]2(Cc3cnn4cc([C@@H](NC(=O)c5nonc5C5CC5)C5CCC(F)(F)CC5)nc4c3)C[C@@H](C(F)(F)F)NC2=O)n1. The van der Waals surface area contributed by atoms with Crippen molar-refractivity contribution < 1.29 is 36.2 Å². The monoisotopic (exact) mass is 662 g/mol. The summed E-state index contributed by atoms with van der Waals surface area (Å²) in [6.07, 6.45) is 0.347. The van der Waals surface area contributed by atoms with Crippen LogP contribution in [-0.4, -0.2) is 69.6 Å². The third-order valence-electron chi connectivity index (χ3n) is 9.39. The highest BCUT2D eigenvalue weighted by Gasteiger charge is 2.56. The minimum absolute atomic E-state index is 0.0440. The van der Waals surface area contributed by atoms with Gasteiger partial charge in [0.2, 0.25) is 11.8 Å². The van der Waals surface area contributed by atoms with Crippen LogP contribution in [0, 0.1) is 11.3 Å². The van der Waals surface area contributed by atoms with Gasteiger partial charge in [0.15, 0.2) is 17.2 Å². The molecule has 0 radical (unpaired) electrons. The van der Waals surface area contributed by atoms with E-state index in [1.54, 1.807) is 19.3 Å². The highest BCUT2D eigenvalue weighted by Crippen LogP contribution is 2.44. The van der Waals surface area contributed by atoms with Crippen LogP contribution in [0.1, 0.15) is 90.2 Å². The third-order valence-corrected chi connectivity index (χ3v) is 9.39. The van der Waals surface area contributed by atoms with Crippen molar-refractivity contribution in [3.05, 3.63) is 53.3 Å². The molecule has 2 amide bonds. The molecule has 47 heavy (non-hydrogen) atoms. The second-order valence-electron chi connectivity index (χ2n) is 13.0. The molecule has 3 atom stereocenters. The van der Waals surface area contributed by atoms with Gasteiger partial charge in [-0.2, -0.15) is 23.4 Å². The molecule has 2 N–H and O–H groups in total. The molecule has 1 saturated heterocycles. The Labute approximate surface area is 263 Å². The molecule has 5 heterocycles. The highest BCUT2D eigenvalue weighted by molar-refractivity contribution is 5.93. The molecule has 7 rings (SSSR count). The number of rotatable bonds is 9. The molecule has 13 nitrogen and oxygen atoms in total. The summed E-state index contributed by atoms with van der Waals surface area (Å²) in [5, 5.41) is 21.3. The molecule has 0 unspecified atom stereocenters. The summed E-state index contributed by atoms with van der Waals surface area (Å²) in [6.45, 7) is 0. The Morgan fingerprint density at radius 1 is 1.17 bits per heavy atom. The molecule has 250 valence electrons. The summed E-state index contributed by atoms with van der Waals surface area (Å²) in [4.78, 5) is 35.4. The maximum absolute atomic E-state index is 14.1. The Kier molecular flexibility index (Phi) is 7.50. The number of amides is 2. The number of carbonyl (C=O) groups is 2. The standard InChI is InChI=1S/C29H31F5N10O3/c1-43-14-35-20(40-43)11-27(10-19(29(32,33)34)38-26(27)46)9-15-8-21-37-18(13-44(21)36-12-15)22(17-4-6-28(30,31)7-5-17)39-25(45)24-23(16-2-3-16)41-47-42-24/h8,12-14,16-17,19,22H,2-7,9-11H2,1H3,(H,38,46)(H,39,45)/t19-,22-,27-/m0/s1. The van der Waals surface area contributed by atoms with Crippen LogP contribution in [-0.2, 0) is 24.7 Å². The van der Waals surface area contributed by atoms with Crippen LogP contribution in [0.25, 0.3) is 5.65 Å². The number of aryl methyl sites for hydroxylation is 1. The van der Waals surface area contributed by atoms with E-state index in [4.69, 9.17) is 4.63 Å². The second kappa shape index (κ2) is 11.3. The predicted molar refractivity (Wildman–Crippen MR) is 150 cm³/mol. The molecule has 0 bridgehead atoms. The average Bonchev–Trinajstić information content (AvgIpc) is 3.31. The fraction of sp³-hybridized carbons (Fsp3) is 0.586. The number of hydrogen-bond acceptors (Lipinski definition) is 9. The van der Waals surface area contributed by atoms with E-state index < -0.39 is 47.8 Å². The first-order valence-corrected chi connectivity index (χ1v) is 15.4. The predicted octanol–water partition coefficient (Wildman–Crippen LogP) is 3.64. The lowest BCUT2D eigenvalue weighted by Crippen LogP contribution is -2.39. The van der Waals surface area contributed by atoms with Crippen molar-refractivity contribution in [2.24, 2.45) is 18.4 Å². The van der Waals surface area contributed by atoms with Gasteiger partial charge in [-0.15, -0.1) is 0 Å². The quantitative estimate of drug-likeness (QED) is 0.255. The van der Waals surface area contributed by atoms with Gasteiger partial charge in [0.1, 0.15) is 18.1 Å². The van der Waals surface area contributed by atoms with Gasteiger partial charge in [0, 0.05) is 32.2 Å². The number of hydrogen-bond donors (Lipinski definition) is 2.